The number of nitrogens with zero attached hydrogens (tertiary/aromatic N) is 2. The highest BCUT2D eigenvalue weighted by Gasteiger charge is 2.41. The molecule has 202 valence electrons. The van der Waals surface area contributed by atoms with Gasteiger partial charge in [0.2, 0.25) is 0 Å². The SMILES string of the molecule is CCOC(=O)C1=C(COCCN2C(=O)c3ccccc3C2=O)NC(CF)=C(C(=O)OC)C1c1ccc(C#N)s1. The monoisotopic (exact) mass is 553 g/mol. The molecule has 39 heavy (non-hydrogen) atoms. The molecule has 0 saturated heterocycles. The molecule has 0 fully saturated rings. The highest BCUT2D eigenvalue weighted by molar-refractivity contribution is 7.12. The lowest BCUT2D eigenvalue weighted by molar-refractivity contribution is -0.139. The average Bonchev–Trinajstić information content (AvgIpc) is 3.53. The van der Waals surface area contributed by atoms with E-state index in [-0.39, 0.29) is 48.9 Å². The van der Waals surface area contributed by atoms with Crippen LogP contribution >= 0.6 is 11.3 Å². The van der Waals surface area contributed by atoms with Gasteiger partial charge in [-0.1, -0.05) is 12.1 Å². The van der Waals surface area contributed by atoms with Gasteiger partial charge in [-0.25, -0.2) is 14.0 Å². The summed E-state index contributed by atoms with van der Waals surface area (Å²) in [6.45, 7) is 0.199. The van der Waals surface area contributed by atoms with Crippen molar-refractivity contribution < 1.29 is 37.8 Å². The van der Waals surface area contributed by atoms with Gasteiger partial charge in [-0.05, 0) is 31.2 Å². The fraction of sp³-hybridized carbons (Fsp3) is 0.296. The van der Waals surface area contributed by atoms with Crippen LogP contribution in [0.4, 0.5) is 4.39 Å². The van der Waals surface area contributed by atoms with E-state index in [4.69, 9.17) is 14.2 Å². The van der Waals surface area contributed by atoms with Gasteiger partial charge in [0.1, 0.15) is 17.6 Å². The summed E-state index contributed by atoms with van der Waals surface area (Å²) in [7, 11) is 1.14. The van der Waals surface area contributed by atoms with Gasteiger partial charge in [0.05, 0.1) is 73.1 Å². The molecule has 0 saturated carbocycles. The number of esters is 2. The number of hydrogen-bond donors (Lipinski definition) is 1. The molecule has 0 spiro atoms. The summed E-state index contributed by atoms with van der Waals surface area (Å²) in [5.74, 6) is -3.55. The minimum atomic E-state index is -1.08. The number of amides is 2. The Bertz CT molecular complexity index is 1400. The summed E-state index contributed by atoms with van der Waals surface area (Å²) < 4.78 is 30.1. The number of nitrogens with one attached hydrogen (secondary N) is 1. The first-order valence-corrected chi connectivity index (χ1v) is 12.7. The number of carbonyl (C=O) groups excluding carboxylic acids is 4. The third-order valence-electron chi connectivity index (χ3n) is 6.17. The molecule has 1 aromatic heterocycles. The number of fused-ring (bicyclic) bond motifs is 1. The van der Waals surface area contributed by atoms with Gasteiger partial charge in [-0.15, -0.1) is 11.3 Å². The molecule has 10 nitrogen and oxygen atoms in total. The Hall–Kier alpha value is -4.34. The lowest BCUT2D eigenvalue weighted by Crippen LogP contribution is -2.37. The number of imide groups is 1. The predicted molar refractivity (Wildman–Crippen MR) is 136 cm³/mol. The number of nitriles is 1. The molecule has 0 aliphatic carbocycles. The summed E-state index contributed by atoms with van der Waals surface area (Å²) >= 11 is 1.05. The Balaban J connectivity index is 1.62. The van der Waals surface area contributed by atoms with Crippen LogP contribution in [0.25, 0.3) is 0 Å². The van der Waals surface area contributed by atoms with E-state index < -0.39 is 36.3 Å². The molecule has 4 rings (SSSR count). The Morgan fingerprint density at radius 3 is 2.31 bits per heavy atom. The van der Waals surface area contributed by atoms with E-state index in [1.807, 2.05) is 6.07 Å². The maximum Gasteiger partial charge on any atom is 0.336 e. The molecule has 0 bridgehead atoms. The number of thiophene rings is 1. The highest BCUT2D eigenvalue weighted by atomic mass is 32.1. The molecule has 2 aromatic rings. The van der Waals surface area contributed by atoms with Crippen LogP contribution in [0.1, 0.15) is 43.3 Å². The van der Waals surface area contributed by atoms with Crippen molar-refractivity contribution in [2.75, 3.05) is 40.1 Å². The van der Waals surface area contributed by atoms with Gasteiger partial charge in [-0.3, -0.25) is 14.5 Å². The second-order valence-corrected chi connectivity index (χ2v) is 9.48. The Labute approximate surface area is 227 Å². The minimum Gasteiger partial charge on any atom is -0.466 e. The second kappa shape index (κ2) is 12.0. The van der Waals surface area contributed by atoms with Crippen LogP contribution in [0.15, 0.2) is 58.9 Å². The van der Waals surface area contributed by atoms with E-state index in [9.17, 15) is 28.8 Å². The normalized spacial score (nSPS) is 16.7. The lowest BCUT2D eigenvalue weighted by Gasteiger charge is -2.31. The first kappa shape index (κ1) is 27.7. The standard InChI is InChI=1S/C27H24FN3O7S/c1-3-38-27(35)22-19(14-37-11-10-31-24(32)16-6-4-5-7-17(16)25(31)33)30-18(12-28)21(26(34)36-2)23(22)20-9-8-15(13-29)39-20/h4-9,23,30H,3,10-12,14H2,1-2H3. The topological polar surface area (TPSA) is 135 Å². The van der Waals surface area contributed by atoms with Crippen molar-refractivity contribution >= 4 is 35.1 Å². The van der Waals surface area contributed by atoms with Crippen molar-refractivity contribution in [3.05, 3.63) is 79.8 Å². The Morgan fingerprint density at radius 1 is 1.08 bits per heavy atom. The van der Waals surface area contributed by atoms with Crippen LogP contribution in [-0.4, -0.2) is 68.8 Å². The van der Waals surface area contributed by atoms with Crippen molar-refractivity contribution in [2.24, 2.45) is 0 Å². The number of rotatable bonds is 10. The molecule has 1 N–H and O–H groups in total. The highest BCUT2D eigenvalue weighted by Crippen LogP contribution is 2.42. The fourth-order valence-corrected chi connectivity index (χ4v) is 5.38. The van der Waals surface area contributed by atoms with Gasteiger partial charge in [0.15, 0.2) is 0 Å². The van der Waals surface area contributed by atoms with Crippen molar-refractivity contribution in [3.63, 3.8) is 0 Å². The number of hydrogen-bond acceptors (Lipinski definition) is 10. The first-order valence-electron chi connectivity index (χ1n) is 11.9. The van der Waals surface area contributed by atoms with Gasteiger partial charge < -0.3 is 19.5 Å². The smallest absolute Gasteiger partial charge is 0.336 e. The molecule has 1 unspecified atom stereocenters. The zero-order valence-electron chi connectivity index (χ0n) is 21.1. The summed E-state index contributed by atoms with van der Waals surface area (Å²) in [6, 6.07) is 11.6. The van der Waals surface area contributed by atoms with Gasteiger partial charge in [-0.2, -0.15) is 5.26 Å². The quantitative estimate of drug-likeness (QED) is 0.268. The zero-order chi connectivity index (χ0) is 28.1. The number of halogens is 1. The third kappa shape index (κ3) is 5.32. The number of carbonyl (C=O) groups is 4. The van der Waals surface area contributed by atoms with Crippen molar-refractivity contribution in [1.82, 2.24) is 10.2 Å². The third-order valence-corrected chi connectivity index (χ3v) is 7.22. The van der Waals surface area contributed by atoms with E-state index in [0.29, 0.717) is 20.9 Å². The molecule has 1 aromatic carbocycles. The van der Waals surface area contributed by atoms with Crippen LogP contribution in [-0.2, 0) is 23.8 Å². The number of alkyl halides is 1. The summed E-state index contributed by atoms with van der Waals surface area (Å²) in [5, 5.41) is 12.1. The molecule has 2 aliphatic heterocycles. The maximum atomic E-state index is 14.2. The van der Waals surface area contributed by atoms with Crippen LogP contribution in [0.5, 0.6) is 0 Å². The fourth-order valence-electron chi connectivity index (χ4n) is 4.45. The molecule has 3 heterocycles. The van der Waals surface area contributed by atoms with Gasteiger partial charge in [0.25, 0.3) is 11.8 Å². The molecule has 0 radical (unpaired) electrons. The van der Waals surface area contributed by atoms with Crippen molar-refractivity contribution in [2.45, 2.75) is 12.8 Å². The van der Waals surface area contributed by atoms with Crippen LogP contribution in [0, 0.1) is 11.3 Å². The summed E-state index contributed by atoms with van der Waals surface area (Å²) in [6.07, 6.45) is 0. The number of ether oxygens (including phenoxy) is 3. The second-order valence-electron chi connectivity index (χ2n) is 8.36. The molecule has 2 amide bonds. The molecule has 1 atom stereocenters. The van der Waals surface area contributed by atoms with Crippen LogP contribution in [0.2, 0.25) is 0 Å². The zero-order valence-corrected chi connectivity index (χ0v) is 21.9. The Morgan fingerprint density at radius 2 is 1.74 bits per heavy atom. The molecular formula is C27H24FN3O7S. The van der Waals surface area contributed by atoms with Gasteiger partial charge in [0, 0.05) is 4.88 Å². The van der Waals surface area contributed by atoms with Crippen molar-refractivity contribution in [3.8, 4) is 6.07 Å². The van der Waals surface area contributed by atoms with Crippen molar-refractivity contribution in [1.29, 1.82) is 5.26 Å². The molecule has 12 heteroatoms. The first-order chi connectivity index (χ1) is 18.9. The average molecular weight is 554 g/mol. The Kier molecular flexibility index (Phi) is 8.53. The number of allylic oxidation sites excluding steroid dienone is 1. The minimum absolute atomic E-state index is 0.00141. The van der Waals surface area contributed by atoms with E-state index in [1.54, 1.807) is 37.3 Å². The summed E-state index contributed by atoms with van der Waals surface area (Å²) in [4.78, 5) is 53.0. The number of benzene rings is 1. The van der Waals surface area contributed by atoms with Gasteiger partial charge >= 0.3 is 11.9 Å². The predicted octanol–water partition coefficient (Wildman–Crippen LogP) is 2.83. The van der Waals surface area contributed by atoms with Crippen LogP contribution < -0.4 is 5.32 Å². The lowest BCUT2D eigenvalue weighted by atomic mass is 9.84. The van der Waals surface area contributed by atoms with Crippen LogP contribution in [0.3, 0.4) is 0 Å². The molecular weight excluding hydrogens is 529 g/mol. The maximum absolute atomic E-state index is 14.2. The largest absolute Gasteiger partial charge is 0.466 e. The van der Waals surface area contributed by atoms with E-state index >= 15 is 0 Å². The summed E-state index contributed by atoms with van der Waals surface area (Å²) in [5.41, 5.74) is 0.532. The number of methoxy groups -OCH3 is 1. The number of dihydropyridines is 1. The van der Waals surface area contributed by atoms with E-state index in [2.05, 4.69) is 5.32 Å². The van der Waals surface area contributed by atoms with E-state index in [1.165, 1.54) is 6.07 Å². The molecule has 2 aliphatic rings. The van der Waals surface area contributed by atoms with E-state index in [0.717, 1.165) is 23.3 Å².